The topological polar surface area (TPSA) is 51.1 Å². The molecule has 0 atom stereocenters. The van der Waals surface area contributed by atoms with Gasteiger partial charge >= 0.3 is 12.1 Å². The molecular formula is C29H37F3N2O3S. The molecular weight excluding hydrogens is 513 g/mol. The van der Waals surface area contributed by atoms with Gasteiger partial charge in [-0.25, -0.2) is 4.79 Å². The lowest BCUT2D eigenvalue weighted by atomic mass is 10.1. The maximum Gasteiger partial charge on any atom is 0.416 e. The first-order valence-electron chi connectivity index (χ1n) is 12.4. The normalized spacial score (nSPS) is 19.1. The van der Waals surface area contributed by atoms with Gasteiger partial charge < -0.3 is 9.47 Å². The van der Waals surface area contributed by atoms with E-state index in [1.165, 1.54) is 6.08 Å². The Kier molecular flexibility index (Phi) is 11.9. The summed E-state index contributed by atoms with van der Waals surface area (Å²) >= 11 is 1.60. The monoisotopic (exact) mass is 550 g/mol. The molecule has 9 heteroatoms. The maximum absolute atomic E-state index is 13.0. The molecule has 1 aliphatic rings. The van der Waals surface area contributed by atoms with Crippen LogP contribution in [-0.4, -0.2) is 55.3 Å². The van der Waals surface area contributed by atoms with Crippen LogP contribution in [0.2, 0.25) is 0 Å². The molecule has 0 saturated heterocycles. The molecule has 0 heterocycles. The lowest BCUT2D eigenvalue weighted by molar-refractivity contribution is -0.158. The van der Waals surface area contributed by atoms with Crippen LogP contribution >= 0.6 is 11.8 Å². The third kappa shape index (κ3) is 10.2. The number of carbonyl (C=O) groups is 1. The van der Waals surface area contributed by atoms with Gasteiger partial charge in [0.25, 0.3) is 0 Å². The first-order valence-corrected chi connectivity index (χ1v) is 13.6. The summed E-state index contributed by atoms with van der Waals surface area (Å²) < 4.78 is 50.0. The molecule has 1 aromatic rings. The quantitative estimate of drug-likeness (QED) is 0.214. The van der Waals surface area contributed by atoms with Gasteiger partial charge in [-0.05, 0) is 83.2 Å². The highest BCUT2D eigenvalue weighted by molar-refractivity contribution is 8.02. The highest BCUT2D eigenvalue weighted by Crippen LogP contribution is 2.28. The van der Waals surface area contributed by atoms with E-state index in [4.69, 9.17) is 9.47 Å². The van der Waals surface area contributed by atoms with E-state index in [1.54, 1.807) is 44.8 Å². The minimum Gasteiger partial charge on any atom is -0.476 e. The van der Waals surface area contributed by atoms with Crippen LogP contribution in [0.3, 0.4) is 0 Å². The van der Waals surface area contributed by atoms with E-state index in [2.05, 4.69) is 9.89 Å². The molecule has 0 saturated carbocycles. The smallest absolute Gasteiger partial charge is 0.416 e. The summed E-state index contributed by atoms with van der Waals surface area (Å²) in [5.74, 6) is 0.170. The Balaban J connectivity index is 2.03. The summed E-state index contributed by atoms with van der Waals surface area (Å²) in [6, 6.07) is 7.58. The Morgan fingerprint density at radius 1 is 1.18 bits per heavy atom. The molecule has 5 nitrogen and oxygen atoms in total. The number of benzene rings is 1. The van der Waals surface area contributed by atoms with Crippen LogP contribution in [0.5, 0.6) is 5.75 Å². The van der Waals surface area contributed by atoms with Crippen molar-refractivity contribution in [3.05, 3.63) is 75.9 Å². The van der Waals surface area contributed by atoms with E-state index >= 15 is 0 Å². The van der Waals surface area contributed by atoms with E-state index in [-0.39, 0.29) is 0 Å². The zero-order valence-electron chi connectivity index (χ0n) is 22.9. The van der Waals surface area contributed by atoms with Gasteiger partial charge in [0.15, 0.2) is 5.60 Å². The van der Waals surface area contributed by atoms with Crippen molar-refractivity contribution in [2.75, 3.05) is 26.5 Å². The fourth-order valence-electron chi connectivity index (χ4n) is 3.59. The zero-order chi connectivity index (χ0) is 28.3. The molecule has 1 aliphatic carbocycles. The minimum atomic E-state index is -4.37. The lowest BCUT2D eigenvalue weighted by Crippen LogP contribution is -2.39. The molecule has 0 aromatic heterocycles. The molecule has 1 aromatic carbocycles. The Labute approximate surface area is 228 Å². The standard InChI is InChI=1S/C29H37F3N2O3S/c1-7-36-27(35)28(3,4)37-25-16-13-23(14-17-25)19-34(5)20-26(38-6)21(2)33-18-22-10-8-9-11-24(15-12-22)29(30,31)32/h9,11-18H,7-8,10,19-20H2,1-6H3/b11-9-,22-12+,24-15+,26-21-,33-18+. The Morgan fingerprint density at radius 3 is 2.47 bits per heavy atom. The number of hydrogen-bond donors (Lipinski definition) is 0. The number of esters is 1. The van der Waals surface area contributed by atoms with E-state index in [1.807, 2.05) is 44.5 Å². The van der Waals surface area contributed by atoms with E-state index in [9.17, 15) is 18.0 Å². The number of thioether (sulfide) groups is 1. The fourth-order valence-corrected chi connectivity index (χ4v) is 4.29. The van der Waals surface area contributed by atoms with Gasteiger partial charge in [0.05, 0.1) is 12.2 Å². The Morgan fingerprint density at radius 2 is 1.87 bits per heavy atom. The molecule has 2 rings (SSSR count). The van der Waals surface area contributed by atoms with Crippen molar-refractivity contribution in [1.29, 1.82) is 0 Å². The van der Waals surface area contributed by atoms with Gasteiger partial charge in [0.2, 0.25) is 0 Å². The van der Waals surface area contributed by atoms with Crippen LogP contribution in [0.15, 0.2) is 75.3 Å². The number of nitrogens with zero attached hydrogens (tertiary/aromatic N) is 2. The number of ether oxygens (including phenoxy) is 2. The van der Waals surface area contributed by atoms with Crippen molar-refractivity contribution in [2.45, 2.75) is 58.9 Å². The number of alkyl halides is 3. The van der Waals surface area contributed by atoms with Crippen molar-refractivity contribution < 1.29 is 27.4 Å². The Bertz CT molecular complexity index is 1100. The highest BCUT2D eigenvalue weighted by Gasteiger charge is 2.32. The predicted octanol–water partition coefficient (Wildman–Crippen LogP) is 7.27. The molecule has 0 N–H and O–H groups in total. The molecule has 0 spiro atoms. The van der Waals surface area contributed by atoms with Crippen molar-refractivity contribution in [3.8, 4) is 5.75 Å². The van der Waals surface area contributed by atoms with E-state index in [0.29, 0.717) is 38.3 Å². The summed E-state index contributed by atoms with van der Waals surface area (Å²) in [4.78, 5) is 19.8. The molecule has 0 amide bonds. The second kappa shape index (κ2) is 14.4. The summed E-state index contributed by atoms with van der Waals surface area (Å²) in [6.45, 7) is 8.66. The van der Waals surface area contributed by atoms with Crippen molar-refractivity contribution in [2.24, 2.45) is 4.99 Å². The number of rotatable bonds is 11. The van der Waals surface area contributed by atoms with Crippen LogP contribution in [-0.2, 0) is 16.1 Å². The van der Waals surface area contributed by atoms with Crippen molar-refractivity contribution in [3.63, 3.8) is 0 Å². The predicted molar refractivity (Wildman–Crippen MR) is 149 cm³/mol. The van der Waals surface area contributed by atoms with E-state index < -0.39 is 23.3 Å². The lowest BCUT2D eigenvalue weighted by Gasteiger charge is -2.24. The van der Waals surface area contributed by atoms with Crippen LogP contribution in [0.25, 0.3) is 0 Å². The van der Waals surface area contributed by atoms with Gasteiger partial charge in [-0.3, -0.25) is 9.89 Å². The maximum atomic E-state index is 13.0. The van der Waals surface area contributed by atoms with Gasteiger partial charge in [-0.2, -0.15) is 13.2 Å². The van der Waals surface area contributed by atoms with Crippen LogP contribution in [0.4, 0.5) is 13.2 Å². The van der Waals surface area contributed by atoms with Gasteiger partial charge in [-0.1, -0.05) is 30.4 Å². The first kappa shape index (κ1) is 31.4. The van der Waals surface area contributed by atoms with Gasteiger partial charge in [0, 0.05) is 29.9 Å². The first-order chi connectivity index (χ1) is 17.9. The summed E-state index contributed by atoms with van der Waals surface area (Å²) in [5, 5.41) is 0. The third-order valence-corrected chi connectivity index (χ3v) is 6.62. The molecule has 0 fully saturated rings. The molecule has 208 valence electrons. The molecule has 0 unspecified atom stereocenters. The second-order valence-electron chi connectivity index (χ2n) is 9.42. The number of hydrogen-bond acceptors (Lipinski definition) is 6. The van der Waals surface area contributed by atoms with Crippen LogP contribution in [0, 0.1) is 0 Å². The average Bonchev–Trinajstić information content (AvgIpc) is 2.82. The molecule has 0 bridgehead atoms. The number of carbonyl (C=O) groups excluding carboxylic acids is 1. The fraction of sp³-hybridized carbons (Fsp3) is 0.448. The number of aliphatic imine (C=N–C) groups is 1. The highest BCUT2D eigenvalue weighted by atomic mass is 32.2. The number of allylic oxidation sites excluding steroid dienone is 7. The number of likely N-dealkylation sites (N-methyl/N-ethyl adjacent to an activating group) is 1. The largest absolute Gasteiger partial charge is 0.476 e. The Hall–Kier alpha value is -2.78. The van der Waals surface area contributed by atoms with Crippen molar-refractivity contribution in [1.82, 2.24) is 4.90 Å². The summed E-state index contributed by atoms with van der Waals surface area (Å²) in [7, 11) is 2.01. The molecule has 0 aliphatic heterocycles. The minimum absolute atomic E-state index is 0.295. The summed E-state index contributed by atoms with van der Waals surface area (Å²) in [5.41, 5.74) is 0.911. The summed E-state index contributed by atoms with van der Waals surface area (Å²) in [6.07, 6.45) is 5.70. The van der Waals surface area contributed by atoms with E-state index in [0.717, 1.165) is 33.9 Å². The SMILES string of the molecule is CCOC(=O)C(C)(C)Oc1ccc(CN(C)C/C(SC)=C(C)/N=C/C2=C/C=C(C(F)(F)F)\C=C/CC2)cc1. The molecule has 38 heavy (non-hydrogen) atoms. The second-order valence-corrected chi connectivity index (χ2v) is 10.3. The number of halogens is 3. The molecule has 0 radical (unpaired) electrons. The van der Waals surface area contributed by atoms with Crippen molar-refractivity contribution >= 4 is 23.9 Å². The third-order valence-electron chi connectivity index (χ3n) is 5.70. The average molecular weight is 551 g/mol. The zero-order valence-corrected chi connectivity index (χ0v) is 23.7. The van der Waals surface area contributed by atoms with Crippen LogP contribution in [0.1, 0.15) is 46.1 Å². The van der Waals surface area contributed by atoms with Gasteiger partial charge in [0.1, 0.15) is 5.75 Å². The van der Waals surface area contributed by atoms with Gasteiger partial charge in [-0.15, -0.1) is 11.8 Å². The van der Waals surface area contributed by atoms with Crippen LogP contribution < -0.4 is 4.74 Å².